The summed E-state index contributed by atoms with van der Waals surface area (Å²) in [6.45, 7) is 3.02. The van der Waals surface area contributed by atoms with Gasteiger partial charge in [0, 0.05) is 18.2 Å². The van der Waals surface area contributed by atoms with Crippen LogP contribution >= 0.6 is 11.6 Å². The Bertz CT molecular complexity index is 1140. The molecule has 162 valence electrons. The van der Waals surface area contributed by atoms with E-state index in [0.717, 1.165) is 18.4 Å². The molecule has 1 unspecified atom stereocenters. The van der Waals surface area contributed by atoms with Crippen molar-refractivity contribution in [3.8, 4) is 5.75 Å². The third kappa shape index (κ3) is 5.24. The molecule has 31 heavy (non-hydrogen) atoms. The smallest absolute Gasteiger partial charge is 0.261 e. The van der Waals surface area contributed by atoms with E-state index in [4.69, 9.17) is 21.1 Å². The summed E-state index contributed by atoms with van der Waals surface area (Å²) in [7, 11) is 0. The number of hydrogen-bond donors (Lipinski definition) is 1. The lowest BCUT2D eigenvalue weighted by Gasteiger charge is -2.25. The average Bonchev–Trinajstić information content (AvgIpc) is 3.26. The molecule has 2 aromatic carbocycles. The van der Waals surface area contributed by atoms with Crippen LogP contribution in [0.3, 0.4) is 0 Å². The van der Waals surface area contributed by atoms with Crippen molar-refractivity contribution in [1.82, 2.24) is 14.9 Å². The molecule has 1 aliphatic heterocycles. The number of nitrogens with zero attached hydrogens (tertiary/aromatic N) is 2. The SMILES string of the molecule is Cc1cc(Cl)ccc1OCC(=O)N(Cc1nc2ccccc2c(=O)[nH]1)CC1CCCO1. The van der Waals surface area contributed by atoms with Crippen molar-refractivity contribution in [3.63, 3.8) is 0 Å². The molecule has 1 fully saturated rings. The van der Waals surface area contributed by atoms with Gasteiger partial charge in [0.2, 0.25) is 0 Å². The van der Waals surface area contributed by atoms with Gasteiger partial charge in [-0.1, -0.05) is 23.7 Å². The first-order valence-electron chi connectivity index (χ1n) is 10.3. The van der Waals surface area contributed by atoms with Gasteiger partial charge in [0.05, 0.1) is 23.6 Å². The minimum absolute atomic E-state index is 0.0339. The maximum Gasteiger partial charge on any atom is 0.261 e. The van der Waals surface area contributed by atoms with Crippen LogP contribution in [0.15, 0.2) is 47.3 Å². The standard InChI is InChI=1S/C23H24ClN3O4/c1-15-11-16(24)8-9-20(15)31-14-22(28)27(12-17-5-4-10-30-17)13-21-25-19-7-3-2-6-18(19)23(29)26-21/h2-3,6-9,11,17H,4-5,10,12-14H2,1H3,(H,25,26,29). The molecular formula is C23H24ClN3O4. The Morgan fingerprint density at radius 2 is 2.16 bits per heavy atom. The summed E-state index contributed by atoms with van der Waals surface area (Å²) in [5.41, 5.74) is 1.23. The number of amides is 1. The lowest BCUT2D eigenvalue weighted by atomic mass is 10.2. The molecule has 7 nitrogen and oxygen atoms in total. The van der Waals surface area contributed by atoms with Gasteiger partial charge in [-0.15, -0.1) is 0 Å². The summed E-state index contributed by atoms with van der Waals surface area (Å²) in [5, 5.41) is 1.13. The highest BCUT2D eigenvalue weighted by Crippen LogP contribution is 2.22. The first kappa shape index (κ1) is 21.3. The first-order chi connectivity index (χ1) is 15.0. The summed E-state index contributed by atoms with van der Waals surface area (Å²) in [4.78, 5) is 34.4. The molecule has 2 heterocycles. The summed E-state index contributed by atoms with van der Waals surface area (Å²) < 4.78 is 11.5. The first-order valence-corrected chi connectivity index (χ1v) is 10.6. The van der Waals surface area contributed by atoms with Gasteiger partial charge in [-0.2, -0.15) is 0 Å². The van der Waals surface area contributed by atoms with E-state index in [0.29, 0.717) is 40.7 Å². The van der Waals surface area contributed by atoms with Gasteiger partial charge in [0.1, 0.15) is 11.6 Å². The number of H-pyrrole nitrogens is 1. The van der Waals surface area contributed by atoms with Gasteiger partial charge < -0.3 is 19.4 Å². The molecule has 1 aliphatic rings. The number of fused-ring (bicyclic) bond motifs is 1. The van der Waals surface area contributed by atoms with Gasteiger partial charge in [-0.3, -0.25) is 9.59 Å². The van der Waals surface area contributed by atoms with Crippen molar-refractivity contribution in [3.05, 3.63) is 69.2 Å². The van der Waals surface area contributed by atoms with Crippen LogP contribution in [0.25, 0.3) is 10.9 Å². The average molecular weight is 442 g/mol. The quantitative estimate of drug-likeness (QED) is 0.606. The van der Waals surface area contributed by atoms with Crippen molar-refractivity contribution in [2.75, 3.05) is 19.8 Å². The van der Waals surface area contributed by atoms with E-state index in [2.05, 4.69) is 9.97 Å². The van der Waals surface area contributed by atoms with Crippen LogP contribution < -0.4 is 10.3 Å². The summed E-state index contributed by atoms with van der Waals surface area (Å²) in [6, 6.07) is 12.4. The minimum atomic E-state index is -0.224. The molecule has 0 bridgehead atoms. The topological polar surface area (TPSA) is 84.5 Å². The van der Waals surface area contributed by atoms with Crippen LogP contribution in [0.1, 0.15) is 24.2 Å². The van der Waals surface area contributed by atoms with Crippen molar-refractivity contribution in [2.45, 2.75) is 32.4 Å². The fourth-order valence-electron chi connectivity index (χ4n) is 3.68. The number of rotatable bonds is 7. The van der Waals surface area contributed by atoms with Crippen LogP contribution in [-0.2, 0) is 16.1 Å². The molecule has 4 rings (SSSR count). The monoisotopic (exact) mass is 441 g/mol. The predicted octanol–water partition coefficient (Wildman–Crippen LogP) is 3.47. The van der Waals surface area contributed by atoms with E-state index in [9.17, 15) is 9.59 Å². The van der Waals surface area contributed by atoms with Gasteiger partial charge >= 0.3 is 0 Å². The van der Waals surface area contributed by atoms with Crippen molar-refractivity contribution in [1.29, 1.82) is 0 Å². The van der Waals surface area contributed by atoms with Gasteiger partial charge in [-0.25, -0.2) is 4.98 Å². The lowest BCUT2D eigenvalue weighted by molar-refractivity contribution is -0.135. The van der Waals surface area contributed by atoms with Gasteiger partial charge in [0.25, 0.3) is 11.5 Å². The molecule has 0 spiro atoms. The molecule has 1 atom stereocenters. The van der Waals surface area contributed by atoms with E-state index in [-0.39, 0.29) is 30.7 Å². The number of para-hydroxylation sites is 1. The van der Waals surface area contributed by atoms with E-state index in [1.54, 1.807) is 41.3 Å². The number of carbonyl (C=O) groups is 1. The minimum Gasteiger partial charge on any atom is -0.483 e. The normalized spacial score (nSPS) is 15.9. The van der Waals surface area contributed by atoms with Crippen LogP contribution in [0.5, 0.6) is 5.75 Å². The Morgan fingerprint density at radius 3 is 2.94 bits per heavy atom. The van der Waals surface area contributed by atoms with Crippen LogP contribution in [-0.4, -0.2) is 46.6 Å². The zero-order chi connectivity index (χ0) is 21.8. The molecule has 0 saturated carbocycles. The fourth-order valence-corrected chi connectivity index (χ4v) is 3.91. The number of benzene rings is 2. The van der Waals surface area contributed by atoms with E-state index < -0.39 is 0 Å². The second-order valence-corrected chi connectivity index (χ2v) is 8.07. The Labute approximate surface area is 185 Å². The Hall–Kier alpha value is -2.90. The van der Waals surface area contributed by atoms with Crippen molar-refractivity contribution < 1.29 is 14.3 Å². The molecule has 1 amide bonds. The number of aromatic amines is 1. The van der Waals surface area contributed by atoms with E-state index in [1.807, 2.05) is 13.0 Å². The maximum atomic E-state index is 13.0. The third-order valence-electron chi connectivity index (χ3n) is 5.29. The summed E-state index contributed by atoms with van der Waals surface area (Å²) >= 11 is 5.99. The van der Waals surface area contributed by atoms with E-state index in [1.165, 1.54) is 0 Å². The highest BCUT2D eigenvalue weighted by atomic mass is 35.5. The zero-order valence-corrected chi connectivity index (χ0v) is 18.0. The molecule has 1 aromatic heterocycles. The van der Waals surface area contributed by atoms with Crippen LogP contribution in [0.4, 0.5) is 0 Å². The second kappa shape index (κ2) is 9.49. The fraction of sp³-hybridized carbons (Fsp3) is 0.348. The highest BCUT2D eigenvalue weighted by Gasteiger charge is 2.24. The molecule has 0 radical (unpaired) electrons. The number of ether oxygens (including phenoxy) is 2. The molecule has 3 aromatic rings. The number of halogens is 1. The van der Waals surface area contributed by atoms with Crippen LogP contribution in [0, 0.1) is 6.92 Å². The van der Waals surface area contributed by atoms with Crippen molar-refractivity contribution >= 4 is 28.4 Å². The zero-order valence-electron chi connectivity index (χ0n) is 17.3. The van der Waals surface area contributed by atoms with Gasteiger partial charge in [0.15, 0.2) is 6.61 Å². The number of aryl methyl sites for hydroxylation is 1. The Balaban J connectivity index is 1.52. The third-order valence-corrected chi connectivity index (χ3v) is 5.53. The van der Waals surface area contributed by atoms with E-state index >= 15 is 0 Å². The second-order valence-electron chi connectivity index (χ2n) is 7.64. The lowest BCUT2D eigenvalue weighted by Crippen LogP contribution is -2.40. The Morgan fingerprint density at radius 1 is 1.32 bits per heavy atom. The number of aromatic nitrogens is 2. The molecule has 8 heteroatoms. The van der Waals surface area contributed by atoms with Gasteiger partial charge in [-0.05, 0) is 55.7 Å². The molecule has 1 N–H and O–H groups in total. The van der Waals surface area contributed by atoms with Crippen molar-refractivity contribution in [2.24, 2.45) is 0 Å². The Kier molecular flexibility index (Phi) is 6.53. The number of carbonyl (C=O) groups excluding carboxylic acids is 1. The predicted molar refractivity (Wildman–Crippen MR) is 118 cm³/mol. The molecule has 1 saturated heterocycles. The number of hydrogen-bond acceptors (Lipinski definition) is 5. The summed E-state index contributed by atoms with van der Waals surface area (Å²) in [5.74, 6) is 0.824. The van der Waals surface area contributed by atoms with Crippen LogP contribution in [0.2, 0.25) is 5.02 Å². The maximum absolute atomic E-state index is 13.0. The number of nitrogens with one attached hydrogen (secondary N) is 1. The summed E-state index contributed by atoms with van der Waals surface area (Å²) in [6.07, 6.45) is 1.83. The largest absolute Gasteiger partial charge is 0.483 e. The highest BCUT2D eigenvalue weighted by molar-refractivity contribution is 6.30. The molecular weight excluding hydrogens is 418 g/mol. The molecule has 0 aliphatic carbocycles.